The molecule has 1 aliphatic carbocycles. The third-order valence-electron chi connectivity index (χ3n) is 12.1. The van der Waals surface area contributed by atoms with Crippen molar-refractivity contribution in [2.45, 2.75) is 19.3 Å². The van der Waals surface area contributed by atoms with Gasteiger partial charge in [0.25, 0.3) is 0 Å². The maximum atomic E-state index is 2.46. The van der Waals surface area contributed by atoms with Gasteiger partial charge in [0, 0.05) is 39.5 Å². The molecule has 0 saturated carbocycles. The topological polar surface area (TPSA) is 6.48 Å². The largest absolute Gasteiger partial charge is 0.311 e. The molecular formula is C55H40N2. The van der Waals surface area contributed by atoms with Gasteiger partial charge in [0.05, 0.1) is 0 Å². The van der Waals surface area contributed by atoms with Crippen molar-refractivity contribution in [3.63, 3.8) is 0 Å². The van der Waals surface area contributed by atoms with E-state index in [0.29, 0.717) is 0 Å². The molecule has 0 aliphatic heterocycles. The van der Waals surface area contributed by atoms with Crippen molar-refractivity contribution >= 4 is 66.4 Å². The Labute approximate surface area is 333 Å². The number of hydrogen-bond donors (Lipinski definition) is 0. The number of nitrogens with zero attached hydrogens (tertiary/aromatic N) is 2. The fraction of sp³-hybridized carbons (Fsp3) is 0.0545. The Bertz CT molecular complexity index is 2980. The molecule has 0 aromatic heterocycles. The van der Waals surface area contributed by atoms with Gasteiger partial charge in [0.1, 0.15) is 0 Å². The van der Waals surface area contributed by atoms with Gasteiger partial charge < -0.3 is 9.80 Å². The van der Waals surface area contributed by atoms with Gasteiger partial charge in [-0.1, -0.05) is 135 Å². The van der Waals surface area contributed by atoms with Gasteiger partial charge in [-0.2, -0.15) is 0 Å². The Morgan fingerprint density at radius 1 is 0.316 bits per heavy atom. The molecule has 0 bridgehead atoms. The van der Waals surface area contributed by atoms with Crippen LogP contribution in [0.25, 0.3) is 54.6 Å². The van der Waals surface area contributed by atoms with Crippen LogP contribution in [-0.2, 0) is 5.41 Å². The van der Waals surface area contributed by atoms with Gasteiger partial charge in [-0.3, -0.25) is 0 Å². The Morgan fingerprint density at radius 2 is 0.807 bits per heavy atom. The second kappa shape index (κ2) is 13.0. The summed E-state index contributed by atoms with van der Waals surface area (Å²) in [7, 11) is 0. The van der Waals surface area contributed by atoms with Crippen molar-refractivity contribution in [3.8, 4) is 22.3 Å². The first kappa shape index (κ1) is 33.2. The maximum absolute atomic E-state index is 2.46. The summed E-state index contributed by atoms with van der Waals surface area (Å²) in [6.07, 6.45) is 0. The van der Waals surface area contributed by atoms with E-state index in [0.717, 1.165) is 34.1 Å². The van der Waals surface area contributed by atoms with Crippen molar-refractivity contribution in [1.82, 2.24) is 0 Å². The van der Waals surface area contributed by atoms with Gasteiger partial charge in [-0.25, -0.2) is 0 Å². The van der Waals surface area contributed by atoms with Gasteiger partial charge in [-0.15, -0.1) is 0 Å². The molecule has 1 aliphatic rings. The first-order valence-electron chi connectivity index (χ1n) is 19.9. The minimum atomic E-state index is -0.220. The zero-order valence-electron chi connectivity index (χ0n) is 32.0. The molecular weight excluding hydrogens is 689 g/mol. The summed E-state index contributed by atoms with van der Waals surface area (Å²) < 4.78 is 0. The Hall–Kier alpha value is -7.16. The third kappa shape index (κ3) is 5.25. The normalized spacial score (nSPS) is 12.9. The molecule has 0 unspecified atom stereocenters. The van der Waals surface area contributed by atoms with Crippen molar-refractivity contribution in [1.29, 1.82) is 0 Å². The molecule has 2 heteroatoms. The summed E-state index contributed by atoms with van der Waals surface area (Å²) in [5, 5.41) is 7.95. The summed E-state index contributed by atoms with van der Waals surface area (Å²) in [5.41, 5.74) is 14.5. The second-order valence-corrected chi connectivity index (χ2v) is 15.8. The van der Waals surface area contributed by atoms with Crippen molar-refractivity contribution in [2.24, 2.45) is 0 Å². The van der Waals surface area contributed by atoms with Gasteiger partial charge in [0.15, 0.2) is 0 Å². The van der Waals surface area contributed by atoms with E-state index in [1.54, 1.807) is 0 Å². The molecule has 0 heterocycles. The minimum absolute atomic E-state index is 0.220. The van der Waals surface area contributed by atoms with E-state index in [2.05, 4.69) is 230 Å². The minimum Gasteiger partial charge on any atom is -0.311 e. The summed E-state index contributed by atoms with van der Waals surface area (Å²) in [5.74, 6) is 0. The Kier molecular flexibility index (Phi) is 7.55. The molecule has 11 rings (SSSR count). The Balaban J connectivity index is 1.06. The molecule has 0 N–H and O–H groups in total. The average Bonchev–Trinajstić information content (AvgIpc) is 3.27. The fourth-order valence-electron chi connectivity index (χ4n) is 9.48. The highest BCUT2D eigenvalue weighted by Crippen LogP contribution is 2.54. The van der Waals surface area contributed by atoms with Crippen LogP contribution in [0.5, 0.6) is 0 Å². The van der Waals surface area contributed by atoms with Crippen LogP contribution in [0.4, 0.5) is 34.1 Å². The van der Waals surface area contributed by atoms with Crippen LogP contribution in [0, 0.1) is 0 Å². The van der Waals surface area contributed by atoms with E-state index in [1.807, 2.05) is 0 Å². The molecule has 0 atom stereocenters. The number of anilines is 6. The molecule has 0 amide bonds. The predicted octanol–water partition coefficient (Wildman–Crippen LogP) is 15.5. The molecule has 0 spiro atoms. The molecule has 0 saturated heterocycles. The van der Waals surface area contributed by atoms with E-state index < -0.39 is 0 Å². The molecule has 57 heavy (non-hydrogen) atoms. The summed E-state index contributed by atoms with van der Waals surface area (Å²) in [6.45, 7) is 4.81. The molecule has 270 valence electrons. The highest BCUT2D eigenvalue weighted by atomic mass is 15.1. The van der Waals surface area contributed by atoms with Crippen molar-refractivity contribution in [3.05, 3.63) is 217 Å². The van der Waals surface area contributed by atoms with Crippen molar-refractivity contribution in [2.75, 3.05) is 9.80 Å². The summed E-state index contributed by atoms with van der Waals surface area (Å²) >= 11 is 0. The number of para-hydroxylation sites is 4. The third-order valence-corrected chi connectivity index (χ3v) is 12.1. The molecule has 2 nitrogen and oxygen atoms in total. The average molecular weight is 729 g/mol. The lowest BCUT2D eigenvalue weighted by atomic mass is 9.67. The highest BCUT2D eigenvalue weighted by molar-refractivity contribution is 6.30. The first-order chi connectivity index (χ1) is 28.0. The summed E-state index contributed by atoms with van der Waals surface area (Å²) in [6, 6.07) is 75.3. The predicted molar refractivity (Wildman–Crippen MR) is 243 cm³/mol. The molecule has 10 aromatic carbocycles. The van der Waals surface area contributed by atoms with E-state index >= 15 is 0 Å². The SMILES string of the molecule is CC1(C)c2cc(N(c3ccccc3)c3ccccc3)ccc2-c2cc3cccc4c(-c5ccc(N(c6ccccc6)c6ccccc6)cc5)cc5ccc1c2c5c34. The van der Waals surface area contributed by atoms with Gasteiger partial charge >= 0.3 is 0 Å². The Morgan fingerprint density at radius 3 is 1.39 bits per heavy atom. The number of fused-ring (bicyclic) bond motifs is 2. The van der Waals surface area contributed by atoms with Crippen LogP contribution in [0.1, 0.15) is 25.0 Å². The van der Waals surface area contributed by atoms with Crippen LogP contribution < -0.4 is 9.80 Å². The lowest BCUT2D eigenvalue weighted by molar-refractivity contribution is 0.645. The quantitative estimate of drug-likeness (QED) is 0.151. The van der Waals surface area contributed by atoms with Crippen LogP contribution in [0.2, 0.25) is 0 Å². The van der Waals surface area contributed by atoms with Crippen molar-refractivity contribution < 1.29 is 0 Å². The summed E-state index contributed by atoms with van der Waals surface area (Å²) in [4.78, 5) is 4.69. The van der Waals surface area contributed by atoms with Crippen LogP contribution in [0.3, 0.4) is 0 Å². The zero-order chi connectivity index (χ0) is 38.1. The lowest BCUT2D eigenvalue weighted by Crippen LogP contribution is -2.24. The molecule has 10 aromatic rings. The highest BCUT2D eigenvalue weighted by Gasteiger charge is 2.35. The molecule has 0 fully saturated rings. The maximum Gasteiger partial charge on any atom is 0.0465 e. The van der Waals surface area contributed by atoms with E-state index in [9.17, 15) is 0 Å². The first-order valence-corrected chi connectivity index (χ1v) is 19.9. The number of rotatable bonds is 7. The lowest BCUT2D eigenvalue weighted by Gasteiger charge is -2.37. The van der Waals surface area contributed by atoms with Crippen LogP contribution in [-0.4, -0.2) is 0 Å². The van der Waals surface area contributed by atoms with Crippen LogP contribution in [0.15, 0.2) is 206 Å². The van der Waals surface area contributed by atoms with E-state index in [1.165, 1.54) is 65.7 Å². The fourth-order valence-corrected chi connectivity index (χ4v) is 9.48. The van der Waals surface area contributed by atoms with Crippen LogP contribution >= 0.6 is 0 Å². The molecule has 0 radical (unpaired) electrons. The van der Waals surface area contributed by atoms with E-state index in [-0.39, 0.29) is 5.41 Å². The van der Waals surface area contributed by atoms with E-state index in [4.69, 9.17) is 0 Å². The zero-order valence-corrected chi connectivity index (χ0v) is 32.0. The number of hydrogen-bond acceptors (Lipinski definition) is 2. The standard InChI is InChI=1S/C55H40N2/c1-55(2)50-33-28-39-34-48(37-26-29-44(30-27-37)56(40-17-7-3-8-18-40)41-19-9-4-10-20-41)47-25-15-16-38-35-49(54(50)53(39)52(38)47)46-32-31-45(36-51(46)55)57(42-21-11-5-12-22-42)43-23-13-6-14-24-43/h3-36H,1-2H3. The smallest absolute Gasteiger partial charge is 0.0465 e. The van der Waals surface area contributed by atoms with Gasteiger partial charge in [-0.05, 0) is 151 Å². The second-order valence-electron chi connectivity index (χ2n) is 15.8. The number of benzene rings is 10. The monoisotopic (exact) mass is 728 g/mol. The van der Waals surface area contributed by atoms with Gasteiger partial charge in [0.2, 0.25) is 0 Å².